The molecule has 0 aliphatic heterocycles. The maximum absolute atomic E-state index is 12.8. The molecule has 1 aromatic carbocycles. The van der Waals surface area contributed by atoms with E-state index in [1.807, 2.05) is 57.4 Å². The molecule has 8 nitrogen and oxygen atoms in total. The summed E-state index contributed by atoms with van der Waals surface area (Å²) in [7, 11) is 0. The molecule has 2 aromatic heterocycles. The Bertz CT molecular complexity index is 1270. The fourth-order valence-corrected chi connectivity index (χ4v) is 5.38. The van der Waals surface area contributed by atoms with Crippen molar-refractivity contribution in [2.24, 2.45) is 0 Å². The van der Waals surface area contributed by atoms with Crippen molar-refractivity contribution in [2.45, 2.75) is 59.3 Å². The minimum atomic E-state index is -0.435. The predicted octanol–water partition coefficient (Wildman–Crippen LogP) is 5.81. The maximum Gasteiger partial charge on any atom is 0.341 e. The lowest BCUT2D eigenvalue weighted by atomic mass is 10.1. The number of rotatable bonds is 11. The van der Waals surface area contributed by atoms with Crippen LogP contribution in [0.25, 0.3) is 0 Å². The molecule has 0 aliphatic carbocycles. The number of nitrogens with zero attached hydrogens (tertiary/aromatic N) is 3. The van der Waals surface area contributed by atoms with Gasteiger partial charge < -0.3 is 14.8 Å². The zero-order chi connectivity index (χ0) is 26.4. The second-order valence-electron chi connectivity index (χ2n) is 8.24. The van der Waals surface area contributed by atoms with Crippen LogP contribution in [0.3, 0.4) is 0 Å². The monoisotopic (exact) mass is 528 g/mol. The minimum Gasteiger partial charge on any atom is -0.482 e. The highest BCUT2D eigenvalue weighted by Gasteiger charge is 2.23. The topological polar surface area (TPSA) is 95.3 Å². The molecule has 0 aliphatic rings. The Kier molecular flexibility index (Phi) is 9.33. The number of aromatic nitrogens is 3. The van der Waals surface area contributed by atoms with Crippen LogP contribution in [0.5, 0.6) is 5.75 Å². The number of carbonyl (C=O) groups is 2. The SMILES string of the molecule is C=CCn1c(SCC(=O)Nc2sc(C)c(C)c2C(=O)OCC)nnc1C(C)Oc1cccc(C)c1C. The van der Waals surface area contributed by atoms with Gasteiger partial charge in [0, 0.05) is 11.4 Å². The first-order valence-electron chi connectivity index (χ1n) is 11.6. The average Bonchev–Trinajstić information content (AvgIpc) is 3.35. The van der Waals surface area contributed by atoms with Crippen LogP contribution in [-0.2, 0) is 16.1 Å². The Hall–Kier alpha value is -3.11. The Morgan fingerprint density at radius 2 is 1.97 bits per heavy atom. The summed E-state index contributed by atoms with van der Waals surface area (Å²) in [5.74, 6) is 0.854. The van der Waals surface area contributed by atoms with Crippen molar-refractivity contribution in [3.63, 3.8) is 0 Å². The van der Waals surface area contributed by atoms with Crippen LogP contribution in [0, 0.1) is 27.7 Å². The van der Waals surface area contributed by atoms with Gasteiger partial charge in [-0.15, -0.1) is 28.1 Å². The van der Waals surface area contributed by atoms with Crippen LogP contribution in [0.4, 0.5) is 5.00 Å². The van der Waals surface area contributed by atoms with Crippen LogP contribution >= 0.6 is 23.1 Å². The molecule has 36 heavy (non-hydrogen) atoms. The summed E-state index contributed by atoms with van der Waals surface area (Å²) in [5.41, 5.74) is 3.45. The molecule has 2 heterocycles. The minimum absolute atomic E-state index is 0.0970. The van der Waals surface area contributed by atoms with E-state index in [2.05, 4.69) is 22.1 Å². The van der Waals surface area contributed by atoms with Crippen LogP contribution in [0.2, 0.25) is 0 Å². The molecular formula is C26H32N4O4S2. The van der Waals surface area contributed by atoms with Crippen LogP contribution in [0.1, 0.15) is 57.7 Å². The molecule has 0 radical (unpaired) electrons. The van der Waals surface area contributed by atoms with Gasteiger partial charge in [-0.1, -0.05) is 30.0 Å². The van der Waals surface area contributed by atoms with E-state index >= 15 is 0 Å². The highest BCUT2D eigenvalue weighted by Crippen LogP contribution is 2.33. The number of anilines is 1. The van der Waals surface area contributed by atoms with E-state index in [9.17, 15) is 9.59 Å². The normalized spacial score (nSPS) is 11.7. The number of allylic oxidation sites excluding steroid dienone is 1. The molecule has 192 valence electrons. The van der Waals surface area contributed by atoms with E-state index in [4.69, 9.17) is 9.47 Å². The van der Waals surface area contributed by atoms with Gasteiger partial charge in [0.15, 0.2) is 17.1 Å². The molecule has 10 heteroatoms. The van der Waals surface area contributed by atoms with Crippen molar-refractivity contribution < 1.29 is 19.1 Å². The van der Waals surface area contributed by atoms with Crippen molar-refractivity contribution in [1.82, 2.24) is 14.8 Å². The van der Waals surface area contributed by atoms with Gasteiger partial charge >= 0.3 is 5.97 Å². The molecule has 1 amide bonds. The largest absolute Gasteiger partial charge is 0.482 e. The van der Waals surface area contributed by atoms with Gasteiger partial charge in [0.1, 0.15) is 10.8 Å². The number of hydrogen-bond donors (Lipinski definition) is 1. The Morgan fingerprint density at radius 1 is 1.22 bits per heavy atom. The molecule has 0 saturated heterocycles. The molecule has 1 atom stereocenters. The number of ether oxygens (including phenoxy) is 2. The number of hydrogen-bond acceptors (Lipinski definition) is 8. The Balaban J connectivity index is 1.72. The molecule has 3 rings (SSSR count). The predicted molar refractivity (Wildman–Crippen MR) is 144 cm³/mol. The molecule has 1 N–H and O–H groups in total. The molecule has 0 fully saturated rings. The van der Waals surface area contributed by atoms with Crippen LogP contribution in [-0.4, -0.2) is 39.0 Å². The highest BCUT2D eigenvalue weighted by molar-refractivity contribution is 7.99. The third-order valence-corrected chi connectivity index (χ3v) is 7.82. The maximum atomic E-state index is 12.8. The summed E-state index contributed by atoms with van der Waals surface area (Å²) in [6.07, 6.45) is 1.40. The van der Waals surface area contributed by atoms with Gasteiger partial charge in [0.05, 0.1) is 17.9 Å². The standard InChI is InChI=1S/C26H32N4O4S2/c1-8-13-30-23(18(6)34-20-12-10-11-15(3)16(20)4)28-29-26(30)35-14-21(31)27-24-22(25(32)33-9-2)17(5)19(7)36-24/h8,10-12,18H,1,9,13-14H2,2-7H3,(H,27,31). The second-order valence-corrected chi connectivity index (χ2v) is 10.4. The number of aryl methyl sites for hydroxylation is 2. The van der Waals surface area contributed by atoms with E-state index < -0.39 is 5.97 Å². The molecule has 3 aromatic rings. The van der Waals surface area contributed by atoms with Crippen LogP contribution in [0.15, 0.2) is 36.0 Å². The molecule has 0 bridgehead atoms. The van der Waals surface area contributed by atoms with Crippen molar-refractivity contribution in [1.29, 1.82) is 0 Å². The van der Waals surface area contributed by atoms with Crippen molar-refractivity contribution in [2.75, 3.05) is 17.7 Å². The summed E-state index contributed by atoms with van der Waals surface area (Å²) in [5, 5.41) is 12.6. The van der Waals surface area contributed by atoms with E-state index in [1.165, 1.54) is 23.1 Å². The van der Waals surface area contributed by atoms with Gasteiger partial charge in [0.2, 0.25) is 5.91 Å². The zero-order valence-electron chi connectivity index (χ0n) is 21.5. The highest BCUT2D eigenvalue weighted by atomic mass is 32.2. The lowest BCUT2D eigenvalue weighted by Crippen LogP contribution is -2.17. The third-order valence-electron chi connectivity index (χ3n) is 5.73. The first-order valence-corrected chi connectivity index (χ1v) is 13.4. The Labute approximate surface area is 220 Å². The number of carbonyl (C=O) groups excluding carboxylic acids is 2. The number of thioether (sulfide) groups is 1. The lowest BCUT2D eigenvalue weighted by molar-refractivity contribution is -0.113. The zero-order valence-corrected chi connectivity index (χ0v) is 23.1. The number of benzene rings is 1. The van der Waals surface area contributed by atoms with Gasteiger partial charge in [-0.05, 0) is 64.3 Å². The molecular weight excluding hydrogens is 496 g/mol. The van der Waals surface area contributed by atoms with Crippen molar-refractivity contribution in [3.05, 3.63) is 63.8 Å². The third kappa shape index (κ3) is 6.17. The number of esters is 1. The summed E-state index contributed by atoms with van der Waals surface area (Å²) in [6, 6.07) is 5.94. The fourth-order valence-electron chi connectivity index (χ4n) is 3.56. The lowest BCUT2D eigenvalue weighted by Gasteiger charge is -2.18. The van der Waals surface area contributed by atoms with Crippen LogP contribution < -0.4 is 10.1 Å². The van der Waals surface area contributed by atoms with E-state index in [0.717, 1.165) is 27.3 Å². The molecule has 0 spiro atoms. The van der Waals surface area contributed by atoms with E-state index in [-0.39, 0.29) is 24.4 Å². The Morgan fingerprint density at radius 3 is 2.67 bits per heavy atom. The summed E-state index contributed by atoms with van der Waals surface area (Å²) < 4.78 is 13.3. The van der Waals surface area contributed by atoms with E-state index in [0.29, 0.717) is 28.1 Å². The first-order chi connectivity index (χ1) is 17.2. The van der Waals surface area contributed by atoms with Crippen molar-refractivity contribution >= 4 is 40.0 Å². The molecule has 1 unspecified atom stereocenters. The smallest absolute Gasteiger partial charge is 0.341 e. The van der Waals surface area contributed by atoms with E-state index in [1.54, 1.807) is 13.0 Å². The number of nitrogens with one attached hydrogen (secondary N) is 1. The quantitative estimate of drug-likeness (QED) is 0.191. The number of thiophene rings is 1. The van der Waals surface area contributed by atoms with Crippen molar-refractivity contribution in [3.8, 4) is 5.75 Å². The summed E-state index contributed by atoms with van der Waals surface area (Å²) in [4.78, 5) is 26.1. The summed E-state index contributed by atoms with van der Waals surface area (Å²) >= 11 is 2.62. The van der Waals surface area contributed by atoms with Gasteiger partial charge in [-0.2, -0.15) is 0 Å². The van der Waals surface area contributed by atoms with Gasteiger partial charge in [-0.25, -0.2) is 4.79 Å². The molecule has 0 saturated carbocycles. The summed E-state index contributed by atoms with van der Waals surface area (Å²) in [6.45, 7) is 16.1. The second kappa shape index (κ2) is 12.2. The van der Waals surface area contributed by atoms with Gasteiger partial charge in [-0.3, -0.25) is 9.36 Å². The van der Waals surface area contributed by atoms with Gasteiger partial charge in [0.25, 0.3) is 0 Å². The number of amides is 1. The first kappa shape index (κ1) is 27.5. The fraction of sp³-hybridized carbons (Fsp3) is 0.385. The average molecular weight is 529 g/mol.